The van der Waals surface area contributed by atoms with Crippen LogP contribution in [-0.2, 0) is 17.9 Å². The standard InChI is InChI=1S/C25H30N4O3/c1-2-3-18-6-7-20-23-22(24(31)27-12-16-4-5-16)19(15-30)21(14-29(20)25(18)32)28(23)13-17-8-10-26-11-9-17/h2-3,6-11,16,19,21-23,30H,4-5,12-15H2,1H3,(H,27,31)/b3-2-/t19-,21-,22+,23+/m1/s1. The van der Waals surface area contributed by atoms with Gasteiger partial charge in [-0.05, 0) is 55.5 Å². The second kappa shape index (κ2) is 8.64. The highest BCUT2D eigenvalue weighted by Crippen LogP contribution is 2.49. The van der Waals surface area contributed by atoms with Crippen molar-refractivity contribution < 1.29 is 9.90 Å². The van der Waals surface area contributed by atoms with Crippen molar-refractivity contribution in [3.63, 3.8) is 0 Å². The van der Waals surface area contributed by atoms with Crippen molar-refractivity contribution in [3.8, 4) is 0 Å². The van der Waals surface area contributed by atoms with Crippen molar-refractivity contribution in [2.45, 2.75) is 44.9 Å². The monoisotopic (exact) mass is 434 g/mol. The molecule has 2 N–H and O–H groups in total. The number of rotatable bonds is 7. The smallest absolute Gasteiger partial charge is 0.258 e. The lowest BCUT2D eigenvalue weighted by Gasteiger charge is -2.38. The van der Waals surface area contributed by atoms with Crippen LogP contribution >= 0.6 is 0 Å². The molecular weight excluding hydrogens is 404 g/mol. The molecule has 7 heteroatoms. The molecule has 0 aromatic carbocycles. The molecule has 4 heterocycles. The first-order valence-corrected chi connectivity index (χ1v) is 11.5. The van der Waals surface area contributed by atoms with Crippen LogP contribution in [0.1, 0.15) is 42.6 Å². The van der Waals surface area contributed by atoms with Gasteiger partial charge in [0.15, 0.2) is 0 Å². The molecule has 2 aromatic heterocycles. The number of carbonyl (C=O) groups is 1. The minimum atomic E-state index is -0.397. The van der Waals surface area contributed by atoms with Gasteiger partial charge in [-0.25, -0.2) is 0 Å². The molecule has 2 fully saturated rings. The molecule has 2 bridgehead atoms. The van der Waals surface area contributed by atoms with Crippen LogP contribution in [0.25, 0.3) is 6.08 Å². The summed E-state index contributed by atoms with van der Waals surface area (Å²) in [6.07, 6.45) is 9.56. The van der Waals surface area contributed by atoms with Crippen molar-refractivity contribution in [2.24, 2.45) is 17.8 Å². The van der Waals surface area contributed by atoms with E-state index in [4.69, 9.17) is 0 Å². The van der Waals surface area contributed by atoms with Crippen molar-refractivity contribution in [1.29, 1.82) is 0 Å². The summed E-state index contributed by atoms with van der Waals surface area (Å²) in [5, 5.41) is 13.5. The summed E-state index contributed by atoms with van der Waals surface area (Å²) in [4.78, 5) is 33.0. The molecule has 4 atom stereocenters. The van der Waals surface area contributed by atoms with Gasteiger partial charge in [-0.3, -0.25) is 19.5 Å². The number of nitrogens with one attached hydrogen (secondary N) is 1. The van der Waals surface area contributed by atoms with Gasteiger partial charge in [0, 0.05) is 61.9 Å². The fourth-order valence-electron chi connectivity index (χ4n) is 5.45. The summed E-state index contributed by atoms with van der Waals surface area (Å²) >= 11 is 0. The van der Waals surface area contributed by atoms with Gasteiger partial charge in [0.1, 0.15) is 0 Å². The lowest BCUT2D eigenvalue weighted by molar-refractivity contribution is -0.127. The van der Waals surface area contributed by atoms with Gasteiger partial charge in [0.2, 0.25) is 5.91 Å². The van der Waals surface area contributed by atoms with Crippen LogP contribution in [0.2, 0.25) is 0 Å². The highest BCUT2D eigenvalue weighted by Gasteiger charge is 2.55. The van der Waals surface area contributed by atoms with Crippen LogP contribution in [0.5, 0.6) is 0 Å². The number of fused-ring (bicyclic) bond motifs is 4. The quantitative estimate of drug-likeness (QED) is 0.696. The molecule has 1 saturated heterocycles. The SMILES string of the molecule is C/C=C\c1ccc2n(c1=O)C[C@@H]1[C@@H](CO)[C@H](C(=O)NCC3CC3)[C@H]2N1Cc1ccncc1. The highest BCUT2D eigenvalue weighted by atomic mass is 16.3. The Hall–Kier alpha value is -2.77. The Balaban J connectivity index is 1.56. The van der Waals surface area contributed by atoms with Crippen molar-refractivity contribution >= 4 is 12.0 Å². The van der Waals surface area contributed by atoms with Crippen molar-refractivity contribution in [1.82, 2.24) is 19.8 Å². The third-order valence-electron chi connectivity index (χ3n) is 7.23. The van der Waals surface area contributed by atoms with Gasteiger partial charge >= 0.3 is 0 Å². The molecule has 168 valence electrons. The zero-order valence-electron chi connectivity index (χ0n) is 18.4. The molecule has 3 aliphatic rings. The normalized spacial score (nSPS) is 26.9. The van der Waals surface area contributed by atoms with E-state index >= 15 is 0 Å². The van der Waals surface area contributed by atoms with Crippen LogP contribution in [0, 0.1) is 17.8 Å². The van der Waals surface area contributed by atoms with Gasteiger partial charge in [0.05, 0.1) is 12.0 Å². The Morgan fingerprint density at radius 3 is 2.72 bits per heavy atom. The number of amides is 1. The zero-order chi connectivity index (χ0) is 22.2. The van der Waals surface area contributed by atoms with Gasteiger partial charge in [-0.15, -0.1) is 0 Å². The van der Waals surface area contributed by atoms with Crippen LogP contribution in [-0.4, -0.2) is 44.7 Å². The summed E-state index contributed by atoms with van der Waals surface area (Å²) in [7, 11) is 0. The summed E-state index contributed by atoms with van der Waals surface area (Å²) in [6, 6.07) is 7.44. The molecule has 2 aromatic rings. The second-order valence-corrected chi connectivity index (χ2v) is 9.23. The first kappa shape index (κ1) is 21.1. The number of hydrogen-bond donors (Lipinski definition) is 2. The molecule has 7 nitrogen and oxygen atoms in total. The van der Waals surface area contributed by atoms with Gasteiger partial charge in [0.25, 0.3) is 5.56 Å². The third-order valence-corrected chi connectivity index (χ3v) is 7.23. The molecule has 0 radical (unpaired) electrons. The summed E-state index contributed by atoms with van der Waals surface area (Å²) in [5.74, 6) is -0.0584. The largest absolute Gasteiger partial charge is 0.396 e. The maximum absolute atomic E-state index is 13.4. The number of carbonyl (C=O) groups excluding carboxylic acids is 1. The third kappa shape index (κ3) is 3.69. The lowest BCUT2D eigenvalue weighted by atomic mass is 9.86. The highest BCUT2D eigenvalue weighted by molar-refractivity contribution is 5.80. The molecule has 32 heavy (non-hydrogen) atoms. The van der Waals surface area contributed by atoms with Crippen molar-refractivity contribution in [3.05, 3.63) is 69.9 Å². The topological polar surface area (TPSA) is 87.5 Å². The van der Waals surface area contributed by atoms with E-state index in [2.05, 4.69) is 15.2 Å². The van der Waals surface area contributed by atoms with Gasteiger partial charge < -0.3 is 15.0 Å². The van der Waals surface area contributed by atoms with Crippen LogP contribution in [0.4, 0.5) is 0 Å². The maximum atomic E-state index is 13.4. The fraction of sp³-hybridized carbons (Fsp3) is 0.480. The number of allylic oxidation sites excluding steroid dienone is 1. The molecule has 1 amide bonds. The minimum absolute atomic E-state index is 0.0124. The van der Waals surface area contributed by atoms with E-state index in [9.17, 15) is 14.7 Å². The molecule has 0 unspecified atom stereocenters. The Bertz CT molecular complexity index is 1080. The minimum Gasteiger partial charge on any atom is -0.396 e. The maximum Gasteiger partial charge on any atom is 0.258 e. The molecule has 0 spiro atoms. The fourth-order valence-corrected chi connectivity index (χ4v) is 5.45. The van der Waals surface area contributed by atoms with E-state index < -0.39 is 5.92 Å². The number of aliphatic hydroxyl groups is 1. The summed E-state index contributed by atoms with van der Waals surface area (Å²) in [6.45, 7) is 3.62. The Labute approximate surface area is 187 Å². The van der Waals surface area contributed by atoms with Crippen LogP contribution in [0.3, 0.4) is 0 Å². The van der Waals surface area contributed by atoms with Crippen LogP contribution < -0.4 is 10.9 Å². The first-order chi connectivity index (χ1) is 15.6. The predicted molar refractivity (Wildman–Crippen MR) is 122 cm³/mol. The molecule has 1 aliphatic carbocycles. The van der Waals surface area contributed by atoms with E-state index in [0.717, 1.165) is 11.3 Å². The Kier molecular flexibility index (Phi) is 5.69. The van der Waals surface area contributed by atoms with E-state index in [0.29, 0.717) is 31.1 Å². The second-order valence-electron chi connectivity index (χ2n) is 9.23. The van der Waals surface area contributed by atoms with E-state index in [1.807, 2.05) is 47.9 Å². The van der Waals surface area contributed by atoms with E-state index in [-0.39, 0.29) is 36.1 Å². The van der Waals surface area contributed by atoms with Crippen LogP contribution in [0.15, 0.2) is 47.5 Å². The Morgan fingerprint density at radius 1 is 1.25 bits per heavy atom. The average Bonchev–Trinajstić information content (AvgIpc) is 3.60. The average molecular weight is 435 g/mol. The Morgan fingerprint density at radius 2 is 2.03 bits per heavy atom. The lowest BCUT2D eigenvalue weighted by Crippen LogP contribution is -2.46. The summed E-state index contributed by atoms with van der Waals surface area (Å²) in [5.41, 5.74) is 2.58. The first-order valence-electron chi connectivity index (χ1n) is 11.5. The van der Waals surface area contributed by atoms with E-state index in [1.54, 1.807) is 12.4 Å². The van der Waals surface area contributed by atoms with E-state index in [1.165, 1.54) is 12.8 Å². The van der Waals surface area contributed by atoms with Gasteiger partial charge in [-0.1, -0.05) is 12.2 Å². The molecule has 2 aliphatic heterocycles. The number of hydrogen-bond acceptors (Lipinski definition) is 5. The summed E-state index contributed by atoms with van der Waals surface area (Å²) < 4.78 is 1.82. The molecule has 1 saturated carbocycles. The predicted octanol–water partition coefficient (Wildman–Crippen LogP) is 1.97. The molecule has 5 rings (SSSR count). The van der Waals surface area contributed by atoms with Crippen molar-refractivity contribution in [2.75, 3.05) is 13.2 Å². The number of aliphatic hydroxyl groups excluding tert-OH is 1. The number of nitrogens with zero attached hydrogens (tertiary/aromatic N) is 3. The number of pyridine rings is 2. The number of aromatic nitrogens is 2. The zero-order valence-corrected chi connectivity index (χ0v) is 18.4. The molecular formula is C25H30N4O3. The van der Waals surface area contributed by atoms with Gasteiger partial charge in [-0.2, -0.15) is 0 Å².